The number of hydrogen-bond acceptors (Lipinski definition) is 3. The molecule has 22 heavy (non-hydrogen) atoms. The SMILES string of the molecule is CC(C)(C)c1cc(O)c([N+](=O)[O-])c(C(C)(C)C)c1C(C)(C)C. The van der Waals surface area contributed by atoms with E-state index in [1.54, 1.807) is 6.07 Å². The number of phenolic OH excluding ortho intramolecular Hbond substituents is 1. The zero-order valence-corrected chi connectivity index (χ0v) is 15.3. The highest BCUT2D eigenvalue weighted by Gasteiger charge is 2.39. The molecule has 0 fully saturated rings. The highest BCUT2D eigenvalue weighted by molar-refractivity contribution is 5.64. The zero-order valence-electron chi connectivity index (χ0n) is 15.3. The highest BCUT2D eigenvalue weighted by atomic mass is 16.6. The maximum Gasteiger partial charge on any atom is 0.314 e. The third-order valence-electron chi connectivity index (χ3n) is 3.77. The first kappa shape index (κ1) is 18.5. The monoisotopic (exact) mass is 307 g/mol. The lowest BCUT2D eigenvalue weighted by molar-refractivity contribution is -0.387. The smallest absolute Gasteiger partial charge is 0.314 e. The molecule has 1 aromatic rings. The molecule has 0 saturated carbocycles. The van der Waals surface area contributed by atoms with Crippen LogP contribution in [-0.4, -0.2) is 10.0 Å². The van der Waals surface area contributed by atoms with Gasteiger partial charge in [0.2, 0.25) is 0 Å². The van der Waals surface area contributed by atoms with Crippen molar-refractivity contribution in [1.29, 1.82) is 0 Å². The van der Waals surface area contributed by atoms with E-state index in [-0.39, 0.29) is 22.3 Å². The maximum atomic E-state index is 11.6. The summed E-state index contributed by atoms with van der Waals surface area (Å²) < 4.78 is 0. The average Bonchev–Trinajstić information content (AvgIpc) is 2.22. The van der Waals surface area contributed by atoms with Gasteiger partial charge in [-0.1, -0.05) is 62.3 Å². The van der Waals surface area contributed by atoms with Crippen molar-refractivity contribution in [3.8, 4) is 5.75 Å². The van der Waals surface area contributed by atoms with E-state index in [4.69, 9.17) is 0 Å². The fourth-order valence-electron chi connectivity index (χ4n) is 2.94. The van der Waals surface area contributed by atoms with E-state index in [0.29, 0.717) is 5.56 Å². The van der Waals surface area contributed by atoms with Crippen molar-refractivity contribution in [2.45, 2.75) is 78.6 Å². The minimum absolute atomic E-state index is 0.162. The van der Waals surface area contributed by atoms with E-state index in [1.807, 2.05) is 20.8 Å². The molecule has 0 aromatic heterocycles. The molecule has 4 nitrogen and oxygen atoms in total. The van der Waals surface area contributed by atoms with E-state index >= 15 is 0 Å². The molecule has 0 bridgehead atoms. The van der Waals surface area contributed by atoms with Crippen LogP contribution in [-0.2, 0) is 16.2 Å². The third-order valence-corrected chi connectivity index (χ3v) is 3.77. The number of rotatable bonds is 1. The van der Waals surface area contributed by atoms with Gasteiger partial charge >= 0.3 is 5.69 Å². The summed E-state index contributed by atoms with van der Waals surface area (Å²) >= 11 is 0. The molecule has 0 spiro atoms. The molecule has 124 valence electrons. The summed E-state index contributed by atoms with van der Waals surface area (Å²) in [5.41, 5.74) is 1.49. The van der Waals surface area contributed by atoms with Crippen LogP contribution in [0.15, 0.2) is 6.07 Å². The molecule has 0 saturated heterocycles. The molecule has 0 aliphatic rings. The summed E-state index contributed by atoms with van der Waals surface area (Å²) in [5.74, 6) is -0.243. The Kier molecular flexibility index (Phi) is 4.41. The molecular weight excluding hydrogens is 278 g/mol. The second kappa shape index (κ2) is 5.25. The molecule has 1 rings (SSSR count). The van der Waals surface area contributed by atoms with Gasteiger partial charge in [0.1, 0.15) is 0 Å². The number of nitrogens with zero attached hydrogens (tertiary/aromatic N) is 1. The highest BCUT2D eigenvalue weighted by Crippen LogP contribution is 2.48. The second-order valence-corrected chi connectivity index (χ2v) is 9.05. The predicted octanol–water partition coefficient (Wildman–Crippen LogP) is 5.19. The molecule has 0 aliphatic carbocycles. The first-order valence-corrected chi connectivity index (χ1v) is 7.64. The molecule has 0 amide bonds. The lowest BCUT2D eigenvalue weighted by Crippen LogP contribution is -2.29. The molecule has 0 heterocycles. The van der Waals surface area contributed by atoms with Gasteiger partial charge in [0.15, 0.2) is 5.75 Å². The van der Waals surface area contributed by atoms with Gasteiger partial charge in [0, 0.05) is 5.56 Å². The number of hydrogen-bond donors (Lipinski definition) is 1. The Morgan fingerprint density at radius 1 is 0.864 bits per heavy atom. The van der Waals surface area contributed by atoms with Gasteiger partial charge in [-0.25, -0.2) is 0 Å². The van der Waals surface area contributed by atoms with Crippen molar-refractivity contribution in [2.75, 3.05) is 0 Å². The Labute approximate surface area is 133 Å². The Hall–Kier alpha value is -1.58. The van der Waals surface area contributed by atoms with E-state index in [0.717, 1.165) is 11.1 Å². The van der Waals surface area contributed by atoms with E-state index in [2.05, 4.69) is 41.5 Å². The Morgan fingerprint density at radius 3 is 1.55 bits per heavy atom. The van der Waals surface area contributed by atoms with Crippen molar-refractivity contribution >= 4 is 5.69 Å². The van der Waals surface area contributed by atoms with Crippen LogP contribution in [0.5, 0.6) is 5.75 Å². The normalized spacial score (nSPS) is 13.3. The molecule has 1 N–H and O–H groups in total. The first-order chi connectivity index (χ1) is 9.58. The topological polar surface area (TPSA) is 63.4 Å². The van der Waals surface area contributed by atoms with Crippen LogP contribution in [0.3, 0.4) is 0 Å². The summed E-state index contributed by atoms with van der Waals surface area (Å²) in [6.07, 6.45) is 0. The zero-order chi connectivity index (χ0) is 17.7. The van der Waals surface area contributed by atoms with Crippen LogP contribution in [0, 0.1) is 10.1 Å². The largest absolute Gasteiger partial charge is 0.502 e. The Morgan fingerprint density at radius 2 is 1.27 bits per heavy atom. The standard InChI is InChI=1S/C18H29NO3/c1-16(2,3)11-10-12(20)15(19(21)22)14(18(7,8)9)13(11)17(4,5)6/h10,20H,1-9H3. The van der Waals surface area contributed by atoms with E-state index in [9.17, 15) is 15.2 Å². The quantitative estimate of drug-likeness (QED) is 0.573. The fourth-order valence-corrected chi connectivity index (χ4v) is 2.94. The third kappa shape index (κ3) is 3.42. The summed E-state index contributed by atoms with van der Waals surface area (Å²) in [6, 6.07) is 1.58. The van der Waals surface area contributed by atoms with Crippen LogP contribution in [0.1, 0.15) is 79.0 Å². The Bertz CT molecular complexity index is 597. The second-order valence-electron chi connectivity index (χ2n) is 9.05. The molecular formula is C18H29NO3. The number of phenols is 1. The first-order valence-electron chi connectivity index (χ1n) is 7.64. The van der Waals surface area contributed by atoms with E-state index in [1.165, 1.54) is 0 Å². The van der Waals surface area contributed by atoms with Crippen molar-refractivity contribution in [3.05, 3.63) is 32.9 Å². The maximum absolute atomic E-state index is 11.6. The number of nitro groups is 1. The fraction of sp³-hybridized carbons (Fsp3) is 0.667. The van der Waals surface area contributed by atoms with Crippen LogP contribution in [0.25, 0.3) is 0 Å². The van der Waals surface area contributed by atoms with Crippen LogP contribution in [0.4, 0.5) is 5.69 Å². The van der Waals surface area contributed by atoms with Crippen molar-refractivity contribution < 1.29 is 10.0 Å². The van der Waals surface area contributed by atoms with Gasteiger partial charge in [-0.3, -0.25) is 10.1 Å². The van der Waals surface area contributed by atoms with Gasteiger partial charge in [-0.15, -0.1) is 0 Å². The van der Waals surface area contributed by atoms with Crippen LogP contribution in [0.2, 0.25) is 0 Å². The number of benzene rings is 1. The van der Waals surface area contributed by atoms with Gasteiger partial charge in [-0.05, 0) is 33.4 Å². The lowest BCUT2D eigenvalue weighted by atomic mass is 9.68. The molecule has 0 radical (unpaired) electrons. The van der Waals surface area contributed by atoms with E-state index < -0.39 is 10.3 Å². The molecule has 0 unspecified atom stereocenters. The number of nitro benzene ring substituents is 1. The van der Waals surface area contributed by atoms with Crippen molar-refractivity contribution in [1.82, 2.24) is 0 Å². The van der Waals surface area contributed by atoms with Crippen LogP contribution < -0.4 is 0 Å². The molecule has 1 aromatic carbocycles. The van der Waals surface area contributed by atoms with Gasteiger partial charge in [0.25, 0.3) is 0 Å². The number of aromatic hydroxyl groups is 1. The average molecular weight is 307 g/mol. The van der Waals surface area contributed by atoms with Gasteiger partial charge in [-0.2, -0.15) is 0 Å². The minimum Gasteiger partial charge on any atom is -0.502 e. The van der Waals surface area contributed by atoms with Gasteiger partial charge < -0.3 is 5.11 Å². The van der Waals surface area contributed by atoms with Crippen molar-refractivity contribution in [3.63, 3.8) is 0 Å². The van der Waals surface area contributed by atoms with Crippen molar-refractivity contribution in [2.24, 2.45) is 0 Å². The molecule has 0 aliphatic heterocycles. The predicted molar refractivity (Wildman–Crippen MR) is 90.9 cm³/mol. The molecule has 4 heteroatoms. The van der Waals surface area contributed by atoms with Crippen LogP contribution >= 0.6 is 0 Å². The molecule has 0 atom stereocenters. The summed E-state index contributed by atoms with van der Waals surface area (Å²) in [6.45, 7) is 18.2. The minimum atomic E-state index is -0.461. The lowest BCUT2D eigenvalue weighted by Gasteiger charge is -2.36. The van der Waals surface area contributed by atoms with Gasteiger partial charge in [0.05, 0.1) is 4.92 Å². The summed E-state index contributed by atoms with van der Waals surface area (Å²) in [4.78, 5) is 11.1. The Balaban J connectivity index is 4.13. The summed E-state index contributed by atoms with van der Waals surface area (Å²) in [7, 11) is 0. The summed E-state index contributed by atoms with van der Waals surface area (Å²) in [5, 5.41) is 21.9.